The fourth-order valence-corrected chi connectivity index (χ4v) is 2.79. The third-order valence-electron chi connectivity index (χ3n) is 3.84. The van der Waals surface area contributed by atoms with Crippen LogP contribution in [0.2, 0.25) is 0 Å². The summed E-state index contributed by atoms with van der Waals surface area (Å²) in [5.74, 6) is 0.0447. The Morgan fingerprint density at radius 3 is 2.50 bits per heavy atom. The Morgan fingerprint density at radius 1 is 1.33 bits per heavy atom. The summed E-state index contributed by atoms with van der Waals surface area (Å²) in [6.07, 6.45) is 3.94. The lowest BCUT2D eigenvalue weighted by Crippen LogP contribution is -2.32. The number of aliphatic hydroxyl groups is 1. The zero-order chi connectivity index (χ0) is 12.4. The van der Waals surface area contributed by atoms with E-state index in [1.165, 1.54) is 25.0 Å². The second-order valence-electron chi connectivity index (χ2n) is 5.06. The minimum atomic E-state index is -0.512. The minimum absolute atomic E-state index is 0. The number of nitrogens with two attached hydrogens (primary N) is 1. The van der Waals surface area contributed by atoms with Gasteiger partial charge in [-0.2, -0.15) is 0 Å². The van der Waals surface area contributed by atoms with Gasteiger partial charge in [0.05, 0.1) is 12.1 Å². The van der Waals surface area contributed by atoms with Crippen LogP contribution in [0.15, 0.2) is 18.2 Å². The van der Waals surface area contributed by atoms with Crippen LogP contribution >= 0.6 is 12.4 Å². The Labute approximate surface area is 114 Å². The topological polar surface area (TPSA) is 46.2 Å². The zero-order valence-corrected chi connectivity index (χ0v) is 11.4. The van der Waals surface area contributed by atoms with Crippen LogP contribution in [0.4, 0.5) is 4.39 Å². The van der Waals surface area contributed by atoms with Crippen molar-refractivity contribution in [1.82, 2.24) is 0 Å². The summed E-state index contributed by atoms with van der Waals surface area (Å²) in [7, 11) is 0. The van der Waals surface area contributed by atoms with E-state index in [0.29, 0.717) is 5.92 Å². The first-order chi connectivity index (χ1) is 8.09. The van der Waals surface area contributed by atoms with Gasteiger partial charge in [0.1, 0.15) is 5.82 Å². The molecule has 0 amide bonds. The number of rotatable bonds is 3. The highest BCUT2D eigenvalue weighted by molar-refractivity contribution is 5.85. The predicted octanol–water partition coefficient (Wildman–Crippen LogP) is 3.11. The van der Waals surface area contributed by atoms with Crippen LogP contribution in [0.25, 0.3) is 0 Å². The van der Waals surface area contributed by atoms with Gasteiger partial charge in [-0.25, -0.2) is 4.39 Å². The Hall–Kier alpha value is -0.640. The van der Waals surface area contributed by atoms with Crippen molar-refractivity contribution in [3.05, 3.63) is 35.1 Å². The fourth-order valence-electron chi connectivity index (χ4n) is 2.79. The molecule has 2 rings (SSSR count). The molecule has 1 aromatic rings. The Bertz CT molecular complexity index is 393. The lowest BCUT2D eigenvalue weighted by atomic mass is 9.89. The summed E-state index contributed by atoms with van der Waals surface area (Å²) in [4.78, 5) is 0. The van der Waals surface area contributed by atoms with Crippen LogP contribution in [-0.4, -0.2) is 11.2 Å². The molecular formula is C14H21ClFNO. The van der Waals surface area contributed by atoms with Crippen molar-refractivity contribution in [3.8, 4) is 0 Å². The molecule has 1 saturated carbocycles. The van der Waals surface area contributed by atoms with E-state index in [2.05, 4.69) is 0 Å². The number of halogens is 2. The molecule has 4 heteroatoms. The average molecular weight is 274 g/mol. The van der Waals surface area contributed by atoms with Crippen LogP contribution in [0, 0.1) is 18.7 Å². The molecule has 0 unspecified atom stereocenters. The number of hydrogen-bond donors (Lipinski definition) is 2. The number of hydrogen-bond acceptors (Lipinski definition) is 2. The normalized spacial score (nSPS) is 19.3. The first-order valence-electron chi connectivity index (χ1n) is 6.29. The molecule has 0 spiro atoms. The molecule has 1 aromatic carbocycles. The van der Waals surface area contributed by atoms with Gasteiger partial charge in [-0.3, -0.25) is 0 Å². The van der Waals surface area contributed by atoms with Crippen molar-refractivity contribution in [2.75, 3.05) is 0 Å². The molecule has 18 heavy (non-hydrogen) atoms. The molecule has 1 aliphatic carbocycles. The van der Waals surface area contributed by atoms with Crippen molar-refractivity contribution in [3.63, 3.8) is 0 Å². The SMILES string of the molecule is Cc1cc(F)ccc1[C@H](N)[C@H](O)C1CCCC1.Cl. The van der Waals surface area contributed by atoms with Crippen LogP contribution < -0.4 is 5.73 Å². The molecule has 0 heterocycles. The summed E-state index contributed by atoms with van der Waals surface area (Å²) < 4.78 is 13.0. The van der Waals surface area contributed by atoms with Gasteiger partial charge in [0, 0.05) is 0 Å². The van der Waals surface area contributed by atoms with E-state index >= 15 is 0 Å². The van der Waals surface area contributed by atoms with Crippen molar-refractivity contribution in [2.24, 2.45) is 11.7 Å². The molecule has 2 nitrogen and oxygen atoms in total. The molecule has 102 valence electrons. The van der Waals surface area contributed by atoms with E-state index in [0.717, 1.165) is 24.0 Å². The van der Waals surface area contributed by atoms with E-state index in [4.69, 9.17) is 5.73 Å². The highest BCUT2D eigenvalue weighted by Crippen LogP contribution is 2.33. The maximum absolute atomic E-state index is 13.0. The third kappa shape index (κ3) is 3.22. The third-order valence-corrected chi connectivity index (χ3v) is 3.84. The average Bonchev–Trinajstić information content (AvgIpc) is 2.80. The Balaban J connectivity index is 0.00000162. The Kier molecular flexibility index (Phi) is 5.57. The number of benzene rings is 1. The van der Waals surface area contributed by atoms with E-state index in [9.17, 15) is 9.50 Å². The summed E-state index contributed by atoms with van der Waals surface area (Å²) in [6.45, 7) is 1.83. The van der Waals surface area contributed by atoms with Crippen molar-refractivity contribution in [1.29, 1.82) is 0 Å². The van der Waals surface area contributed by atoms with Gasteiger partial charge in [-0.1, -0.05) is 18.9 Å². The molecular weight excluding hydrogens is 253 g/mol. The van der Waals surface area contributed by atoms with Gasteiger partial charge in [0.25, 0.3) is 0 Å². The molecule has 2 atom stereocenters. The van der Waals surface area contributed by atoms with E-state index < -0.39 is 12.1 Å². The highest BCUT2D eigenvalue weighted by Gasteiger charge is 2.29. The van der Waals surface area contributed by atoms with Crippen molar-refractivity contribution < 1.29 is 9.50 Å². The van der Waals surface area contributed by atoms with Gasteiger partial charge in [0.2, 0.25) is 0 Å². The summed E-state index contributed by atoms with van der Waals surface area (Å²) >= 11 is 0. The smallest absolute Gasteiger partial charge is 0.123 e. The van der Waals surface area contributed by atoms with Gasteiger partial charge in [0.15, 0.2) is 0 Å². The van der Waals surface area contributed by atoms with Crippen LogP contribution in [0.3, 0.4) is 0 Å². The summed E-state index contributed by atoms with van der Waals surface area (Å²) in [5, 5.41) is 10.2. The molecule has 0 radical (unpaired) electrons. The number of aliphatic hydroxyl groups excluding tert-OH is 1. The lowest BCUT2D eigenvalue weighted by Gasteiger charge is -2.25. The fraction of sp³-hybridized carbons (Fsp3) is 0.571. The second-order valence-corrected chi connectivity index (χ2v) is 5.06. The molecule has 0 aliphatic heterocycles. The monoisotopic (exact) mass is 273 g/mol. The maximum Gasteiger partial charge on any atom is 0.123 e. The minimum Gasteiger partial charge on any atom is -0.391 e. The molecule has 0 saturated heterocycles. The molecule has 1 fully saturated rings. The van der Waals surface area contributed by atoms with E-state index in [-0.39, 0.29) is 18.2 Å². The van der Waals surface area contributed by atoms with Crippen molar-refractivity contribution in [2.45, 2.75) is 44.8 Å². The predicted molar refractivity (Wildman–Crippen MR) is 73.3 cm³/mol. The lowest BCUT2D eigenvalue weighted by molar-refractivity contribution is 0.0842. The largest absolute Gasteiger partial charge is 0.391 e. The quantitative estimate of drug-likeness (QED) is 0.889. The highest BCUT2D eigenvalue weighted by atomic mass is 35.5. The van der Waals surface area contributed by atoms with Gasteiger partial charge in [-0.05, 0) is 48.9 Å². The summed E-state index contributed by atoms with van der Waals surface area (Å²) in [5.41, 5.74) is 7.76. The van der Waals surface area contributed by atoms with Crippen molar-refractivity contribution >= 4 is 12.4 Å². The van der Waals surface area contributed by atoms with Crippen LogP contribution in [0.5, 0.6) is 0 Å². The summed E-state index contributed by atoms with van der Waals surface area (Å²) in [6, 6.07) is 4.16. The van der Waals surface area contributed by atoms with E-state index in [1.54, 1.807) is 6.07 Å². The zero-order valence-electron chi connectivity index (χ0n) is 10.6. The standard InChI is InChI=1S/C14H20FNO.ClH/c1-9-8-11(15)6-7-12(9)13(16)14(17)10-4-2-3-5-10;/h6-8,10,13-14,17H,2-5,16H2,1H3;1H/t13-,14+;/m0./s1. The van der Waals surface area contributed by atoms with Gasteiger partial charge < -0.3 is 10.8 Å². The van der Waals surface area contributed by atoms with Crippen LogP contribution in [-0.2, 0) is 0 Å². The molecule has 0 bridgehead atoms. The molecule has 3 N–H and O–H groups in total. The van der Waals surface area contributed by atoms with Gasteiger partial charge in [-0.15, -0.1) is 12.4 Å². The molecule has 0 aromatic heterocycles. The number of aryl methyl sites for hydroxylation is 1. The molecule has 1 aliphatic rings. The first kappa shape index (κ1) is 15.4. The van der Waals surface area contributed by atoms with Gasteiger partial charge >= 0.3 is 0 Å². The van der Waals surface area contributed by atoms with E-state index in [1.807, 2.05) is 6.92 Å². The second kappa shape index (κ2) is 6.50. The Morgan fingerprint density at radius 2 is 1.94 bits per heavy atom. The maximum atomic E-state index is 13.0. The van der Waals surface area contributed by atoms with Crippen LogP contribution in [0.1, 0.15) is 42.9 Å². The first-order valence-corrected chi connectivity index (χ1v) is 6.29.